The van der Waals surface area contributed by atoms with Crippen molar-refractivity contribution in [3.05, 3.63) is 76.4 Å². The molecule has 0 aliphatic heterocycles. The van der Waals surface area contributed by atoms with E-state index in [2.05, 4.69) is 10.3 Å². The van der Waals surface area contributed by atoms with Gasteiger partial charge in [0.25, 0.3) is 0 Å². The topological polar surface area (TPSA) is 73.6 Å². The second-order valence-electron chi connectivity index (χ2n) is 5.91. The molecular formula is C19H19ClFN2O4P. The molecular weight excluding hydrogens is 406 g/mol. The Hall–Kier alpha value is -2.18. The summed E-state index contributed by atoms with van der Waals surface area (Å²) in [7, 11) is -1.08. The van der Waals surface area contributed by atoms with Gasteiger partial charge in [0, 0.05) is 32.2 Å². The highest BCUT2D eigenvalue weighted by molar-refractivity contribution is 7.62. The first-order chi connectivity index (χ1) is 13.4. The number of oxazole rings is 1. The molecule has 1 heterocycles. The van der Waals surface area contributed by atoms with Crippen molar-refractivity contribution in [3.63, 3.8) is 0 Å². The lowest BCUT2D eigenvalue weighted by Gasteiger charge is -2.12. The summed E-state index contributed by atoms with van der Waals surface area (Å²) in [5.41, 5.74) is 1.79. The maximum Gasteiger partial charge on any atom is 0.384 e. The van der Waals surface area contributed by atoms with Crippen molar-refractivity contribution in [1.82, 2.24) is 4.98 Å². The third-order valence-electron chi connectivity index (χ3n) is 4.03. The van der Waals surface area contributed by atoms with Crippen LogP contribution in [0.15, 0.2) is 52.9 Å². The van der Waals surface area contributed by atoms with Crippen LogP contribution in [0.1, 0.15) is 17.0 Å². The van der Waals surface area contributed by atoms with Crippen molar-refractivity contribution >= 4 is 30.5 Å². The lowest BCUT2D eigenvalue weighted by atomic mass is 10.1. The molecule has 28 heavy (non-hydrogen) atoms. The fraction of sp³-hybridized carbons (Fsp3) is 0.211. The maximum atomic E-state index is 13.1. The number of hydrogen-bond donors (Lipinski definition) is 1. The van der Waals surface area contributed by atoms with Crippen LogP contribution in [0.4, 0.5) is 10.3 Å². The molecule has 0 bridgehead atoms. The number of hydrogen-bond acceptors (Lipinski definition) is 6. The second kappa shape index (κ2) is 8.88. The molecule has 0 spiro atoms. The van der Waals surface area contributed by atoms with Crippen molar-refractivity contribution < 1.29 is 22.4 Å². The van der Waals surface area contributed by atoms with Crippen molar-refractivity contribution in [2.24, 2.45) is 0 Å². The number of rotatable bonds is 8. The monoisotopic (exact) mass is 424 g/mol. The number of benzene rings is 2. The van der Waals surface area contributed by atoms with Crippen LogP contribution in [0.5, 0.6) is 0 Å². The van der Waals surface area contributed by atoms with E-state index in [9.17, 15) is 8.96 Å². The zero-order chi connectivity index (χ0) is 20.1. The Labute approximate surface area is 167 Å². The Morgan fingerprint density at radius 1 is 1.07 bits per heavy atom. The minimum atomic E-state index is -3.64. The second-order valence-corrected chi connectivity index (χ2v) is 8.49. The van der Waals surface area contributed by atoms with Gasteiger partial charge in [0.2, 0.25) is 17.2 Å². The van der Waals surface area contributed by atoms with Crippen molar-refractivity contribution in [2.45, 2.75) is 13.0 Å². The number of anilines is 1. The van der Waals surface area contributed by atoms with Crippen molar-refractivity contribution in [3.8, 4) is 0 Å². The maximum absolute atomic E-state index is 13.1. The number of nitrogens with one attached hydrogen (secondary N) is 1. The molecule has 3 rings (SSSR count). The molecule has 2 aromatic carbocycles. The van der Waals surface area contributed by atoms with E-state index in [1.54, 1.807) is 24.3 Å². The summed E-state index contributed by atoms with van der Waals surface area (Å²) in [4.78, 5) is 4.33. The Kier molecular flexibility index (Phi) is 6.52. The van der Waals surface area contributed by atoms with Gasteiger partial charge in [-0.2, -0.15) is 0 Å². The summed E-state index contributed by atoms with van der Waals surface area (Å²) in [6.07, 6.45) is 0.371. The molecule has 0 amide bonds. The van der Waals surface area contributed by atoms with E-state index in [4.69, 9.17) is 25.1 Å². The average Bonchev–Trinajstić information content (AvgIpc) is 3.12. The van der Waals surface area contributed by atoms with Crippen LogP contribution in [0.2, 0.25) is 5.02 Å². The smallest absolute Gasteiger partial charge is 0.384 e. The molecule has 1 aromatic heterocycles. The zero-order valence-electron chi connectivity index (χ0n) is 15.3. The molecule has 1 N–H and O–H groups in total. The van der Waals surface area contributed by atoms with E-state index in [0.717, 1.165) is 11.1 Å². The van der Waals surface area contributed by atoms with Gasteiger partial charge in [-0.05, 0) is 35.4 Å². The lowest BCUT2D eigenvalue weighted by molar-refractivity contribution is 0.286. The fourth-order valence-corrected chi connectivity index (χ4v) is 3.77. The lowest BCUT2D eigenvalue weighted by Crippen LogP contribution is -2.15. The van der Waals surface area contributed by atoms with Gasteiger partial charge in [-0.25, -0.2) is 9.37 Å². The number of halogens is 2. The van der Waals surface area contributed by atoms with Gasteiger partial charge < -0.3 is 18.8 Å². The summed E-state index contributed by atoms with van der Waals surface area (Å²) in [5, 5.41) is 3.66. The predicted octanol–water partition coefficient (Wildman–Crippen LogP) is 4.78. The Morgan fingerprint density at radius 3 is 2.29 bits per heavy atom. The molecule has 0 aliphatic carbocycles. The number of aromatic nitrogens is 1. The molecule has 0 radical (unpaired) electrons. The van der Waals surface area contributed by atoms with E-state index >= 15 is 0 Å². The van der Waals surface area contributed by atoms with Crippen molar-refractivity contribution in [2.75, 3.05) is 19.5 Å². The third-order valence-corrected chi connectivity index (χ3v) is 6.06. The van der Waals surface area contributed by atoms with Crippen LogP contribution in [-0.2, 0) is 26.6 Å². The Bertz CT molecular complexity index is 969. The summed E-state index contributed by atoms with van der Waals surface area (Å²) in [6.45, 7) is 0.316. The van der Waals surface area contributed by atoms with E-state index in [1.165, 1.54) is 26.4 Å². The van der Waals surface area contributed by atoms with Gasteiger partial charge in [0.1, 0.15) is 5.82 Å². The minimum Gasteiger partial charge on any atom is -0.424 e. The van der Waals surface area contributed by atoms with Gasteiger partial charge in [-0.1, -0.05) is 35.9 Å². The average molecular weight is 425 g/mol. The van der Waals surface area contributed by atoms with E-state index in [1.807, 2.05) is 12.1 Å². The van der Waals surface area contributed by atoms with E-state index < -0.39 is 7.60 Å². The molecule has 0 atom stereocenters. The Balaban J connectivity index is 1.87. The molecule has 0 aliphatic rings. The summed E-state index contributed by atoms with van der Waals surface area (Å²) in [6, 6.07) is 13.2. The highest BCUT2D eigenvalue weighted by Gasteiger charge is 2.34. The van der Waals surface area contributed by atoms with Gasteiger partial charge in [0.15, 0.2) is 0 Å². The Morgan fingerprint density at radius 2 is 1.68 bits per heavy atom. The minimum absolute atomic E-state index is 0.0589. The largest absolute Gasteiger partial charge is 0.424 e. The normalized spacial score (nSPS) is 11.6. The van der Waals surface area contributed by atoms with Crippen LogP contribution < -0.4 is 10.8 Å². The fourth-order valence-electron chi connectivity index (χ4n) is 2.54. The molecule has 0 saturated carbocycles. The van der Waals surface area contributed by atoms with E-state index in [-0.39, 0.29) is 17.1 Å². The van der Waals surface area contributed by atoms with E-state index in [0.29, 0.717) is 23.9 Å². The highest BCUT2D eigenvalue weighted by Crippen LogP contribution is 2.47. The SMILES string of the molecule is COP(=O)(OC)c1nc(Cc2ccc(Cl)cc2)oc1NCc1ccc(F)cc1. The molecule has 3 aromatic rings. The summed E-state index contributed by atoms with van der Waals surface area (Å²) < 4.78 is 41.8. The molecule has 0 saturated heterocycles. The van der Waals surface area contributed by atoms with Gasteiger partial charge >= 0.3 is 7.60 Å². The first-order valence-electron chi connectivity index (χ1n) is 8.38. The van der Waals surface area contributed by atoms with Crippen LogP contribution in [-0.4, -0.2) is 19.2 Å². The van der Waals surface area contributed by atoms with Crippen molar-refractivity contribution in [1.29, 1.82) is 0 Å². The first kappa shape index (κ1) is 20.6. The summed E-state index contributed by atoms with van der Waals surface area (Å²) in [5.74, 6) is 0.200. The van der Waals surface area contributed by atoms with Gasteiger partial charge in [0.05, 0.1) is 0 Å². The predicted molar refractivity (Wildman–Crippen MR) is 106 cm³/mol. The summed E-state index contributed by atoms with van der Waals surface area (Å²) >= 11 is 5.91. The zero-order valence-corrected chi connectivity index (χ0v) is 17.0. The van der Waals surface area contributed by atoms with Crippen LogP contribution in [0.3, 0.4) is 0 Å². The molecule has 148 valence electrons. The quantitative estimate of drug-likeness (QED) is 0.524. The third kappa shape index (κ3) is 4.80. The van der Waals surface area contributed by atoms with Gasteiger partial charge in [-0.3, -0.25) is 4.57 Å². The first-order valence-corrected chi connectivity index (χ1v) is 10.3. The molecule has 6 nitrogen and oxygen atoms in total. The van der Waals surface area contributed by atoms with Crippen LogP contribution >= 0.6 is 19.2 Å². The molecule has 0 fully saturated rings. The number of nitrogens with zero attached hydrogens (tertiary/aromatic N) is 1. The molecule has 9 heteroatoms. The highest BCUT2D eigenvalue weighted by atomic mass is 35.5. The molecule has 0 unspecified atom stereocenters. The van der Waals surface area contributed by atoms with Crippen LogP contribution in [0, 0.1) is 5.82 Å². The standard InChI is InChI=1S/C19H19ClFN2O4P/c1-25-28(24,26-2)19-18(22-12-14-5-9-16(21)10-6-14)27-17(23-19)11-13-3-7-15(20)8-4-13/h3-10,22H,11-12H2,1-2H3. The van der Waals surface area contributed by atoms with Gasteiger partial charge in [-0.15, -0.1) is 0 Å². The van der Waals surface area contributed by atoms with Crippen LogP contribution in [0.25, 0.3) is 0 Å².